The third-order valence-electron chi connectivity index (χ3n) is 3.80. The van der Waals surface area contributed by atoms with Gasteiger partial charge in [0.25, 0.3) is 5.56 Å². The molecular weight excluding hydrogens is 361 g/mol. The average molecular weight is 380 g/mol. The van der Waals surface area contributed by atoms with Gasteiger partial charge in [-0.15, -0.1) is 0 Å². The monoisotopic (exact) mass is 379 g/mol. The lowest BCUT2D eigenvalue weighted by molar-refractivity contribution is 0.366. The third kappa shape index (κ3) is 3.65. The highest BCUT2D eigenvalue weighted by atomic mass is 35.5. The van der Waals surface area contributed by atoms with E-state index in [0.717, 1.165) is 5.56 Å². The van der Waals surface area contributed by atoms with Gasteiger partial charge >= 0.3 is 0 Å². The summed E-state index contributed by atoms with van der Waals surface area (Å²) in [6.45, 7) is 6.56. The highest BCUT2D eigenvalue weighted by Gasteiger charge is 2.19. The van der Waals surface area contributed by atoms with Crippen LogP contribution in [0.4, 0.5) is 5.95 Å². The number of nitrogens with zero attached hydrogens (tertiary/aromatic N) is 3. The Hall–Kier alpha value is -2.05. The molecule has 2 N–H and O–H groups in total. The molecule has 0 aliphatic rings. The van der Waals surface area contributed by atoms with Crippen molar-refractivity contribution in [3.05, 3.63) is 50.4 Å². The molecule has 2 aromatic heterocycles. The fraction of sp³-hybridized carbons (Fsp3) is 0.353. The van der Waals surface area contributed by atoms with Crippen LogP contribution in [0.3, 0.4) is 0 Å². The molecule has 6 nitrogen and oxygen atoms in total. The first-order valence-corrected chi connectivity index (χ1v) is 8.68. The van der Waals surface area contributed by atoms with Gasteiger partial charge in [0.15, 0.2) is 5.65 Å². The molecule has 0 aliphatic heterocycles. The van der Waals surface area contributed by atoms with Crippen molar-refractivity contribution >= 4 is 40.2 Å². The Morgan fingerprint density at radius 3 is 2.56 bits per heavy atom. The van der Waals surface area contributed by atoms with E-state index in [4.69, 9.17) is 23.2 Å². The van der Waals surface area contributed by atoms with Gasteiger partial charge in [0.1, 0.15) is 5.39 Å². The predicted octanol–water partition coefficient (Wildman–Crippen LogP) is 3.84. The maximum absolute atomic E-state index is 12.3. The van der Waals surface area contributed by atoms with Crippen LogP contribution in [0.5, 0.6) is 0 Å². The van der Waals surface area contributed by atoms with E-state index >= 15 is 0 Å². The minimum atomic E-state index is -0.273. The molecule has 0 unspecified atom stereocenters. The van der Waals surface area contributed by atoms with Crippen molar-refractivity contribution in [3.8, 4) is 0 Å². The Morgan fingerprint density at radius 1 is 1.24 bits per heavy atom. The average Bonchev–Trinajstić information content (AvgIpc) is 2.95. The molecule has 3 aromatic rings. The van der Waals surface area contributed by atoms with Gasteiger partial charge in [0.05, 0.1) is 11.7 Å². The number of nitrogens with one attached hydrogen (secondary N) is 2. The number of aromatic amines is 1. The fourth-order valence-electron chi connectivity index (χ4n) is 2.57. The number of benzene rings is 1. The summed E-state index contributed by atoms with van der Waals surface area (Å²) in [6.07, 6.45) is 2.15. The lowest BCUT2D eigenvalue weighted by Crippen LogP contribution is -2.24. The molecule has 0 radical (unpaired) electrons. The smallest absolute Gasteiger partial charge is 0.263 e. The maximum atomic E-state index is 12.3. The highest BCUT2D eigenvalue weighted by Crippen LogP contribution is 2.24. The molecule has 0 atom stereocenters. The summed E-state index contributed by atoms with van der Waals surface area (Å²) in [5, 5.41) is 9.13. The van der Waals surface area contributed by atoms with Crippen molar-refractivity contribution < 1.29 is 0 Å². The summed E-state index contributed by atoms with van der Waals surface area (Å²) in [6, 6.07) is 5.41. The Labute approximate surface area is 155 Å². The summed E-state index contributed by atoms with van der Waals surface area (Å²) in [7, 11) is 0. The number of anilines is 1. The van der Waals surface area contributed by atoms with Gasteiger partial charge in [0, 0.05) is 16.6 Å². The second-order valence-electron chi connectivity index (χ2n) is 6.76. The van der Waals surface area contributed by atoms with E-state index in [0.29, 0.717) is 40.0 Å². The standard InChI is InChI=1S/C17H19Cl2N5O/c1-17(2,3)24-14-11(9-21-24)15(25)23-16(22-14)20-8-7-10-12(18)5-4-6-13(10)19/h4-6,9H,7-8H2,1-3H3,(H2,20,22,23,25). The Balaban J connectivity index is 1.84. The van der Waals surface area contributed by atoms with Crippen molar-refractivity contribution in [2.24, 2.45) is 0 Å². The molecule has 0 saturated heterocycles. The predicted molar refractivity (Wildman–Crippen MR) is 102 cm³/mol. The number of aromatic nitrogens is 4. The molecule has 25 heavy (non-hydrogen) atoms. The molecule has 0 spiro atoms. The summed E-state index contributed by atoms with van der Waals surface area (Å²) in [5.74, 6) is 0.395. The highest BCUT2D eigenvalue weighted by molar-refractivity contribution is 6.35. The number of hydrogen-bond donors (Lipinski definition) is 2. The van der Waals surface area contributed by atoms with Gasteiger partial charge in [-0.3, -0.25) is 9.78 Å². The number of hydrogen-bond acceptors (Lipinski definition) is 4. The van der Waals surface area contributed by atoms with Gasteiger partial charge in [-0.25, -0.2) is 4.68 Å². The fourth-order valence-corrected chi connectivity index (χ4v) is 3.16. The van der Waals surface area contributed by atoms with Gasteiger partial charge in [-0.1, -0.05) is 29.3 Å². The number of halogens is 2. The van der Waals surface area contributed by atoms with Crippen molar-refractivity contribution in [2.75, 3.05) is 11.9 Å². The first-order valence-electron chi connectivity index (χ1n) is 7.92. The lowest BCUT2D eigenvalue weighted by Gasteiger charge is -2.19. The molecule has 8 heteroatoms. The van der Waals surface area contributed by atoms with E-state index in [9.17, 15) is 4.79 Å². The third-order valence-corrected chi connectivity index (χ3v) is 4.51. The van der Waals surface area contributed by atoms with E-state index in [-0.39, 0.29) is 11.1 Å². The molecule has 0 saturated carbocycles. The van der Waals surface area contributed by atoms with Crippen LogP contribution >= 0.6 is 23.2 Å². The Morgan fingerprint density at radius 2 is 1.92 bits per heavy atom. The normalized spacial score (nSPS) is 11.9. The van der Waals surface area contributed by atoms with Crippen LogP contribution in [0, 0.1) is 0 Å². The Bertz CT molecular complexity index is 951. The first-order chi connectivity index (χ1) is 11.8. The second kappa shape index (κ2) is 6.69. The van der Waals surface area contributed by atoms with Crippen molar-refractivity contribution in [3.63, 3.8) is 0 Å². The molecule has 3 rings (SSSR count). The summed E-state index contributed by atoms with van der Waals surface area (Å²) < 4.78 is 1.74. The first kappa shape index (κ1) is 17.8. The summed E-state index contributed by atoms with van der Waals surface area (Å²) in [4.78, 5) is 19.5. The van der Waals surface area contributed by atoms with Crippen molar-refractivity contribution in [2.45, 2.75) is 32.7 Å². The summed E-state index contributed by atoms with van der Waals surface area (Å²) >= 11 is 12.3. The SMILES string of the molecule is CC(C)(C)n1ncc2c(=O)[nH]c(NCCc3c(Cl)cccc3Cl)nc21. The van der Waals surface area contributed by atoms with E-state index in [1.165, 1.54) is 0 Å². The lowest BCUT2D eigenvalue weighted by atomic mass is 10.1. The largest absolute Gasteiger partial charge is 0.355 e. The van der Waals surface area contributed by atoms with E-state index in [1.54, 1.807) is 23.0 Å². The zero-order valence-corrected chi connectivity index (χ0v) is 15.7. The molecule has 1 aromatic carbocycles. The van der Waals surface area contributed by atoms with E-state index < -0.39 is 0 Å². The zero-order valence-electron chi connectivity index (χ0n) is 14.2. The van der Waals surface area contributed by atoms with Gasteiger partial charge < -0.3 is 5.32 Å². The molecule has 132 valence electrons. The number of fused-ring (bicyclic) bond motifs is 1. The van der Waals surface area contributed by atoms with Crippen LogP contribution < -0.4 is 10.9 Å². The number of rotatable bonds is 4. The minimum Gasteiger partial charge on any atom is -0.355 e. The van der Waals surface area contributed by atoms with Crippen LogP contribution in [-0.4, -0.2) is 26.3 Å². The maximum Gasteiger partial charge on any atom is 0.263 e. The quantitative estimate of drug-likeness (QED) is 0.721. The summed E-state index contributed by atoms with van der Waals surface area (Å²) in [5.41, 5.74) is 0.917. The number of H-pyrrole nitrogens is 1. The topological polar surface area (TPSA) is 75.6 Å². The second-order valence-corrected chi connectivity index (χ2v) is 7.57. The molecule has 0 amide bonds. The van der Waals surface area contributed by atoms with Crippen molar-refractivity contribution in [1.29, 1.82) is 0 Å². The zero-order chi connectivity index (χ0) is 18.2. The van der Waals surface area contributed by atoms with E-state index in [1.807, 2.05) is 26.8 Å². The minimum absolute atomic E-state index is 0.223. The van der Waals surface area contributed by atoms with Crippen LogP contribution in [0.1, 0.15) is 26.3 Å². The van der Waals surface area contributed by atoms with E-state index in [2.05, 4.69) is 20.4 Å². The molecule has 0 fully saturated rings. The van der Waals surface area contributed by atoms with Gasteiger partial charge in [-0.2, -0.15) is 10.1 Å². The van der Waals surface area contributed by atoms with Crippen LogP contribution in [0.15, 0.2) is 29.2 Å². The van der Waals surface area contributed by atoms with Crippen LogP contribution in [0.25, 0.3) is 11.0 Å². The van der Waals surface area contributed by atoms with Gasteiger partial charge in [-0.05, 0) is 44.9 Å². The molecule has 0 bridgehead atoms. The molecule has 0 aliphatic carbocycles. The Kier molecular flexibility index (Phi) is 4.75. The molecular formula is C17H19Cl2N5O. The van der Waals surface area contributed by atoms with Gasteiger partial charge in [0.2, 0.25) is 5.95 Å². The molecule has 2 heterocycles. The van der Waals surface area contributed by atoms with Crippen LogP contribution in [-0.2, 0) is 12.0 Å². The van der Waals surface area contributed by atoms with Crippen molar-refractivity contribution in [1.82, 2.24) is 19.7 Å². The van der Waals surface area contributed by atoms with Crippen LogP contribution in [0.2, 0.25) is 10.0 Å².